The maximum atomic E-state index is 12.3. The molecular weight excluding hydrogens is 410 g/mol. The van der Waals surface area contributed by atoms with Crippen LogP contribution in [0.2, 0.25) is 0 Å². The molecule has 0 fully saturated rings. The molecule has 8 nitrogen and oxygen atoms in total. The second-order valence-electron chi connectivity index (χ2n) is 7.04. The Balaban J connectivity index is 1.25. The van der Waals surface area contributed by atoms with Crippen LogP contribution in [0.15, 0.2) is 71.8 Å². The summed E-state index contributed by atoms with van der Waals surface area (Å²) in [6.45, 7) is 2.25. The lowest BCUT2D eigenvalue weighted by molar-refractivity contribution is -0.119. The van der Waals surface area contributed by atoms with Crippen LogP contribution < -0.4 is 25.0 Å². The van der Waals surface area contributed by atoms with E-state index >= 15 is 0 Å². The van der Waals surface area contributed by atoms with E-state index in [9.17, 15) is 9.59 Å². The van der Waals surface area contributed by atoms with E-state index in [0.717, 1.165) is 16.8 Å². The van der Waals surface area contributed by atoms with Crippen molar-refractivity contribution in [3.63, 3.8) is 0 Å². The lowest BCUT2D eigenvalue weighted by atomic mass is 10.2. The minimum absolute atomic E-state index is 0.106. The number of amides is 1. The van der Waals surface area contributed by atoms with Crippen molar-refractivity contribution in [3.05, 3.63) is 83.4 Å². The number of hydrogen-bond donors (Lipinski definition) is 2. The zero-order chi connectivity index (χ0) is 22.3. The molecule has 3 aromatic rings. The van der Waals surface area contributed by atoms with Crippen LogP contribution in [0.3, 0.4) is 0 Å². The van der Waals surface area contributed by atoms with Gasteiger partial charge in [0.2, 0.25) is 6.79 Å². The van der Waals surface area contributed by atoms with Gasteiger partial charge in [-0.3, -0.25) is 4.79 Å². The van der Waals surface area contributed by atoms with E-state index in [1.807, 2.05) is 31.2 Å². The lowest BCUT2D eigenvalue weighted by Gasteiger charge is -2.06. The Hall–Kier alpha value is -4.33. The van der Waals surface area contributed by atoms with Crippen LogP contribution in [0.25, 0.3) is 0 Å². The summed E-state index contributed by atoms with van der Waals surface area (Å²) in [5.74, 6) is 0.732. The Morgan fingerprint density at radius 3 is 2.53 bits per heavy atom. The van der Waals surface area contributed by atoms with Crippen LogP contribution in [-0.2, 0) is 4.79 Å². The van der Waals surface area contributed by atoms with Crippen molar-refractivity contribution in [2.24, 2.45) is 5.10 Å². The summed E-state index contributed by atoms with van der Waals surface area (Å²) < 4.78 is 15.9. The molecule has 1 amide bonds. The number of carbonyl (C=O) groups excluding carboxylic acids is 2. The topological polar surface area (TPSA) is 98.2 Å². The summed E-state index contributed by atoms with van der Waals surface area (Å²) in [4.78, 5) is 24.2. The molecule has 0 bridgehead atoms. The Bertz CT molecular complexity index is 1140. The zero-order valence-electron chi connectivity index (χ0n) is 17.3. The number of anilines is 1. The molecule has 0 aromatic heterocycles. The molecule has 3 aromatic carbocycles. The minimum Gasteiger partial charge on any atom is -0.454 e. The van der Waals surface area contributed by atoms with Crippen molar-refractivity contribution in [2.75, 3.05) is 18.7 Å². The minimum atomic E-state index is -0.502. The first-order valence-corrected chi connectivity index (χ1v) is 9.91. The molecule has 0 radical (unpaired) electrons. The molecule has 1 aliphatic heterocycles. The van der Waals surface area contributed by atoms with Crippen molar-refractivity contribution in [1.29, 1.82) is 0 Å². The third-order valence-electron chi connectivity index (χ3n) is 4.61. The largest absolute Gasteiger partial charge is 0.454 e. The van der Waals surface area contributed by atoms with E-state index in [2.05, 4.69) is 15.8 Å². The van der Waals surface area contributed by atoms with Crippen LogP contribution in [0.5, 0.6) is 17.2 Å². The first kappa shape index (κ1) is 20.9. The Morgan fingerprint density at radius 2 is 1.75 bits per heavy atom. The van der Waals surface area contributed by atoms with Crippen molar-refractivity contribution in [3.8, 4) is 17.2 Å². The number of aryl methyl sites for hydroxylation is 1. The molecule has 2 N–H and O–H groups in total. The van der Waals surface area contributed by atoms with E-state index in [1.165, 1.54) is 6.21 Å². The van der Waals surface area contributed by atoms with Crippen LogP contribution in [0, 0.1) is 6.92 Å². The van der Waals surface area contributed by atoms with Gasteiger partial charge < -0.3 is 19.5 Å². The number of hydrogen-bond acceptors (Lipinski definition) is 7. The summed E-state index contributed by atoms with van der Waals surface area (Å²) in [6.07, 6.45) is 1.51. The number of rotatable bonds is 7. The molecule has 1 aliphatic rings. The predicted octanol–water partition coefficient (Wildman–Crippen LogP) is 3.51. The average Bonchev–Trinajstić information content (AvgIpc) is 3.28. The van der Waals surface area contributed by atoms with Crippen molar-refractivity contribution < 1.29 is 23.8 Å². The van der Waals surface area contributed by atoms with Gasteiger partial charge in [-0.25, -0.2) is 10.2 Å². The highest BCUT2D eigenvalue weighted by Gasteiger charge is 2.17. The van der Waals surface area contributed by atoms with Crippen molar-refractivity contribution in [1.82, 2.24) is 5.43 Å². The molecule has 0 atom stereocenters. The predicted molar refractivity (Wildman–Crippen MR) is 119 cm³/mol. The van der Waals surface area contributed by atoms with E-state index in [1.54, 1.807) is 42.5 Å². The van der Waals surface area contributed by atoms with Gasteiger partial charge in [-0.2, -0.15) is 5.10 Å². The fourth-order valence-corrected chi connectivity index (χ4v) is 2.88. The smallest absolute Gasteiger partial charge is 0.343 e. The van der Waals surface area contributed by atoms with Crippen LogP contribution >= 0.6 is 0 Å². The second kappa shape index (κ2) is 9.65. The second-order valence-corrected chi connectivity index (χ2v) is 7.04. The van der Waals surface area contributed by atoms with Gasteiger partial charge in [-0.15, -0.1) is 0 Å². The van der Waals surface area contributed by atoms with E-state index in [0.29, 0.717) is 22.8 Å². The molecular formula is C24H21N3O5. The number of fused-ring (bicyclic) bond motifs is 1. The third kappa shape index (κ3) is 5.42. The molecule has 0 saturated carbocycles. The Morgan fingerprint density at radius 1 is 1.00 bits per heavy atom. The highest BCUT2D eigenvalue weighted by Crippen LogP contribution is 2.32. The normalized spacial score (nSPS) is 11.9. The van der Waals surface area contributed by atoms with Crippen molar-refractivity contribution >= 4 is 23.8 Å². The summed E-state index contributed by atoms with van der Waals surface area (Å²) in [6, 6.07) is 19.4. The average molecular weight is 431 g/mol. The Kier molecular flexibility index (Phi) is 6.31. The molecule has 8 heteroatoms. The quantitative estimate of drug-likeness (QED) is 0.257. The Labute approximate surface area is 184 Å². The summed E-state index contributed by atoms with van der Waals surface area (Å²) in [7, 11) is 0. The fraction of sp³-hybridized carbons (Fsp3) is 0.125. The molecule has 32 heavy (non-hydrogen) atoms. The molecule has 162 valence electrons. The monoisotopic (exact) mass is 431 g/mol. The SMILES string of the molecule is Cc1ccc(NCC(=O)NN=Cc2ccc(OC(=O)c3ccc4c(c3)OCO4)cc2)cc1. The fourth-order valence-electron chi connectivity index (χ4n) is 2.88. The first-order valence-electron chi connectivity index (χ1n) is 9.91. The third-order valence-corrected chi connectivity index (χ3v) is 4.61. The van der Waals surface area contributed by atoms with E-state index < -0.39 is 5.97 Å². The van der Waals surface area contributed by atoms with Crippen LogP contribution in [0.4, 0.5) is 5.69 Å². The van der Waals surface area contributed by atoms with Crippen molar-refractivity contribution in [2.45, 2.75) is 6.92 Å². The highest BCUT2D eigenvalue weighted by molar-refractivity contribution is 5.92. The maximum absolute atomic E-state index is 12.3. The number of carbonyl (C=O) groups is 2. The summed E-state index contributed by atoms with van der Waals surface area (Å²) in [5, 5.41) is 6.97. The number of esters is 1. The van der Waals surface area contributed by atoms with Crippen LogP contribution in [0.1, 0.15) is 21.5 Å². The number of nitrogens with zero attached hydrogens (tertiary/aromatic N) is 1. The van der Waals surface area contributed by atoms with Gasteiger partial charge in [-0.1, -0.05) is 17.7 Å². The number of benzene rings is 3. The number of nitrogens with one attached hydrogen (secondary N) is 2. The summed E-state index contributed by atoms with van der Waals surface area (Å²) >= 11 is 0. The molecule has 1 heterocycles. The zero-order valence-corrected chi connectivity index (χ0v) is 17.3. The molecule has 4 rings (SSSR count). The van der Waals surface area contributed by atoms with E-state index in [-0.39, 0.29) is 19.2 Å². The standard InChI is InChI=1S/C24H21N3O5/c1-16-2-7-19(8-3-16)25-14-23(28)27-26-13-17-4-9-20(10-5-17)32-24(29)18-6-11-21-22(12-18)31-15-30-21/h2-13,25H,14-15H2,1H3,(H,27,28). The van der Waals surface area contributed by atoms with Crippen LogP contribution in [-0.4, -0.2) is 31.4 Å². The lowest BCUT2D eigenvalue weighted by Crippen LogP contribution is -2.25. The molecule has 0 unspecified atom stereocenters. The molecule has 0 aliphatic carbocycles. The van der Waals surface area contributed by atoms with Gasteiger partial charge in [0.05, 0.1) is 18.3 Å². The summed E-state index contributed by atoms with van der Waals surface area (Å²) in [5.41, 5.74) is 5.57. The van der Waals surface area contributed by atoms with Gasteiger partial charge in [0, 0.05) is 5.69 Å². The van der Waals surface area contributed by atoms with E-state index in [4.69, 9.17) is 14.2 Å². The van der Waals surface area contributed by atoms with Gasteiger partial charge in [0.15, 0.2) is 11.5 Å². The first-order chi connectivity index (χ1) is 15.6. The van der Waals surface area contributed by atoms with Gasteiger partial charge >= 0.3 is 5.97 Å². The van der Waals surface area contributed by atoms with Gasteiger partial charge in [0.25, 0.3) is 5.91 Å². The maximum Gasteiger partial charge on any atom is 0.343 e. The number of hydrazone groups is 1. The van der Waals surface area contributed by atoms with Gasteiger partial charge in [-0.05, 0) is 67.1 Å². The highest BCUT2D eigenvalue weighted by atomic mass is 16.7. The molecule has 0 saturated heterocycles. The molecule has 0 spiro atoms. The number of ether oxygens (including phenoxy) is 3. The van der Waals surface area contributed by atoms with Gasteiger partial charge in [0.1, 0.15) is 5.75 Å².